The van der Waals surface area contributed by atoms with Crippen molar-refractivity contribution in [2.45, 2.75) is 56.3 Å². The van der Waals surface area contributed by atoms with E-state index in [9.17, 15) is 44.1 Å². The Balaban J connectivity index is 1.34. The second kappa shape index (κ2) is 14.2. The molecule has 15 nitrogen and oxygen atoms in total. The SMILES string of the molecule is O=C(CCC(=O)N[C@@H](Cc1ccccc1)C(=O)O)NCCC(=O)OC[C@H]1O[C@@H](n2ccc(=O)[nH]c2=O)[C@H](O)[C@@H]1O. The van der Waals surface area contributed by atoms with Crippen LogP contribution in [0, 0.1) is 0 Å². The van der Waals surface area contributed by atoms with Gasteiger partial charge in [-0.3, -0.25) is 28.7 Å². The van der Waals surface area contributed by atoms with E-state index < -0.39 is 72.2 Å². The van der Waals surface area contributed by atoms with Gasteiger partial charge in [0, 0.05) is 38.1 Å². The van der Waals surface area contributed by atoms with E-state index in [1.165, 1.54) is 0 Å². The molecule has 1 fully saturated rings. The fraction of sp³-hybridized carbons (Fsp3) is 0.440. The molecule has 0 unspecified atom stereocenters. The van der Waals surface area contributed by atoms with Crippen LogP contribution in [0.5, 0.6) is 0 Å². The van der Waals surface area contributed by atoms with Crippen LogP contribution in [-0.2, 0) is 35.1 Å². The van der Waals surface area contributed by atoms with Gasteiger partial charge in [0.1, 0.15) is 31.0 Å². The predicted molar refractivity (Wildman–Crippen MR) is 135 cm³/mol. The maximum absolute atomic E-state index is 12.1. The number of nitrogens with one attached hydrogen (secondary N) is 3. The summed E-state index contributed by atoms with van der Waals surface area (Å²) in [6.45, 7) is -0.565. The first kappa shape index (κ1) is 30.2. The van der Waals surface area contributed by atoms with Crippen LogP contribution in [0.4, 0.5) is 0 Å². The number of H-pyrrole nitrogens is 1. The highest BCUT2D eigenvalue weighted by Crippen LogP contribution is 2.28. The summed E-state index contributed by atoms with van der Waals surface area (Å²) in [5.74, 6) is -3.10. The van der Waals surface area contributed by atoms with Crippen LogP contribution >= 0.6 is 0 Å². The summed E-state index contributed by atoms with van der Waals surface area (Å²) >= 11 is 0. The molecule has 2 amide bonds. The normalized spacial score (nSPS) is 20.9. The molecule has 40 heavy (non-hydrogen) atoms. The molecule has 1 aliphatic rings. The van der Waals surface area contributed by atoms with Gasteiger partial charge in [0.15, 0.2) is 6.23 Å². The minimum Gasteiger partial charge on any atom is -0.480 e. The second-order valence-corrected chi connectivity index (χ2v) is 8.99. The number of benzene rings is 1. The Bertz CT molecular complexity index is 1310. The van der Waals surface area contributed by atoms with E-state index >= 15 is 0 Å². The highest BCUT2D eigenvalue weighted by Gasteiger charge is 2.44. The topological polar surface area (TPSA) is 226 Å². The minimum absolute atomic E-state index is 0.0877. The number of ether oxygens (including phenoxy) is 2. The number of carboxylic acid groups (broad SMARTS) is 1. The molecule has 15 heteroatoms. The molecule has 2 heterocycles. The molecular weight excluding hydrogens is 532 g/mol. The molecule has 0 radical (unpaired) electrons. The number of aromatic amines is 1. The monoisotopic (exact) mass is 562 g/mol. The van der Waals surface area contributed by atoms with Gasteiger partial charge in [0.2, 0.25) is 11.8 Å². The molecule has 2 aromatic rings. The number of carboxylic acids is 1. The number of aromatic nitrogens is 2. The largest absolute Gasteiger partial charge is 0.480 e. The number of esters is 1. The molecule has 1 aliphatic heterocycles. The Morgan fingerprint density at radius 2 is 1.70 bits per heavy atom. The van der Waals surface area contributed by atoms with E-state index in [0.717, 1.165) is 22.4 Å². The first-order chi connectivity index (χ1) is 19.0. The van der Waals surface area contributed by atoms with Gasteiger partial charge >= 0.3 is 17.6 Å². The molecule has 1 saturated heterocycles. The molecule has 0 saturated carbocycles. The number of amides is 2. The highest BCUT2D eigenvalue weighted by atomic mass is 16.6. The number of nitrogens with zero attached hydrogens (tertiary/aromatic N) is 1. The van der Waals surface area contributed by atoms with Gasteiger partial charge < -0.3 is 35.4 Å². The van der Waals surface area contributed by atoms with Gasteiger partial charge in [-0.1, -0.05) is 30.3 Å². The number of hydrogen-bond donors (Lipinski definition) is 6. The van der Waals surface area contributed by atoms with Crippen LogP contribution in [0.1, 0.15) is 31.1 Å². The van der Waals surface area contributed by atoms with Crippen molar-refractivity contribution < 1.29 is 44.0 Å². The fourth-order valence-corrected chi connectivity index (χ4v) is 3.91. The second-order valence-electron chi connectivity index (χ2n) is 8.99. The third-order valence-corrected chi connectivity index (χ3v) is 6.02. The molecular formula is C25H30N4O11. The third kappa shape index (κ3) is 8.59. The van der Waals surface area contributed by atoms with E-state index in [2.05, 4.69) is 10.6 Å². The molecule has 0 aliphatic carbocycles. The van der Waals surface area contributed by atoms with E-state index in [4.69, 9.17) is 9.47 Å². The molecule has 6 N–H and O–H groups in total. The number of hydrogen-bond acceptors (Lipinski definition) is 10. The van der Waals surface area contributed by atoms with Gasteiger partial charge in [-0.25, -0.2) is 9.59 Å². The zero-order valence-electron chi connectivity index (χ0n) is 21.2. The molecule has 1 aromatic carbocycles. The lowest BCUT2D eigenvalue weighted by atomic mass is 10.1. The van der Waals surface area contributed by atoms with Crippen molar-refractivity contribution >= 4 is 23.8 Å². The number of aliphatic carboxylic acids is 1. The van der Waals surface area contributed by atoms with Crippen LogP contribution in [0.2, 0.25) is 0 Å². The summed E-state index contributed by atoms with van der Waals surface area (Å²) in [5, 5.41) is 34.6. The van der Waals surface area contributed by atoms with Gasteiger partial charge in [-0.05, 0) is 5.56 Å². The predicted octanol–water partition coefficient (Wildman–Crippen LogP) is -2.20. The quantitative estimate of drug-likeness (QED) is 0.144. The van der Waals surface area contributed by atoms with Crippen molar-refractivity contribution in [3.63, 3.8) is 0 Å². The van der Waals surface area contributed by atoms with Crippen molar-refractivity contribution in [2.75, 3.05) is 13.2 Å². The highest BCUT2D eigenvalue weighted by molar-refractivity contribution is 5.87. The van der Waals surface area contributed by atoms with Crippen molar-refractivity contribution in [3.8, 4) is 0 Å². The molecule has 3 rings (SSSR count). The van der Waals surface area contributed by atoms with E-state index in [-0.39, 0.29) is 32.2 Å². The maximum atomic E-state index is 12.1. The summed E-state index contributed by atoms with van der Waals surface area (Å²) in [6, 6.07) is 8.65. The Kier molecular flexibility index (Phi) is 10.7. The average Bonchev–Trinajstić information content (AvgIpc) is 3.19. The first-order valence-corrected chi connectivity index (χ1v) is 12.4. The molecule has 0 spiro atoms. The number of aliphatic hydroxyl groups is 2. The molecule has 1 aromatic heterocycles. The Hall–Kier alpha value is -4.34. The Morgan fingerprint density at radius 1 is 1.00 bits per heavy atom. The van der Waals surface area contributed by atoms with Crippen molar-refractivity contribution in [2.24, 2.45) is 0 Å². The van der Waals surface area contributed by atoms with Crippen LogP contribution in [0.15, 0.2) is 52.2 Å². The zero-order chi connectivity index (χ0) is 29.2. The van der Waals surface area contributed by atoms with E-state index in [0.29, 0.717) is 0 Å². The van der Waals surface area contributed by atoms with Gasteiger partial charge in [-0.15, -0.1) is 0 Å². The summed E-state index contributed by atoms with van der Waals surface area (Å²) in [4.78, 5) is 72.8. The smallest absolute Gasteiger partial charge is 0.330 e. The maximum Gasteiger partial charge on any atom is 0.330 e. The lowest BCUT2D eigenvalue weighted by Gasteiger charge is -2.16. The Labute approximate surface area is 226 Å². The number of carbonyl (C=O) groups is 4. The third-order valence-electron chi connectivity index (χ3n) is 6.02. The number of rotatable bonds is 13. The zero-order valence-corrected chi connectivity index (χ0v) is 21.2. The standard InChI is InChI=1S/C25H30N4O11/c30-17(6-7-18(31)27-15(24(36)37)12-14-4-2-1-3-5-14)26-10-8-20(33)39-13-16-21(34)22(35)23(40-16)29-11-9-19(32)28-25(29)38/h1-5,9,11,15-16,21-23,34-35H,6-8,10,12-13H2,(H,26,30)(H,27,31)(H,36,37)(H,28,32,38)/t15-,16+,21+,22+,23+/m0/s1. The van der Waals surface area contributed by atoms with Crippen molar-refractivity contribution in [3.05, 3.63) is 69.0 Å². The number of carbonyl (C=O) groups excluding carboxylic acids is 3. The summed E-state index contributed by atoms with van der Waals surface area (Å²) in [6.07, 6.45) is -5.05. The fourth-order valence-electron chi connectivity index (χ4n) is 3.91. The molecule has 5 atom stereocenters. The summed E-state index contributed by atoms with van der Waals surface area (Å²) < 4.78 is 11.3. The van der Waals surface area contributed by atoms with Crippen LogP contribution in [-0.4, -0.2) is 86.1 Å². The van der Waals surface area contributed by atoms with Gasteiger partial charge in [-0.2, -0.15) is 0 Å². The van der Waals surface area contributed by atoms with Crippen LogP contribution < -0.4 is 21.9 Å². The lowest BCUT2D eigenvalue weighted by Crippen LogP contribution is -2.42. The van der Waals surface area contributed by atoms with E-state index in [1.807, 2.05) is 4.98 Å². The van der Waals surface area contributed by atoms with Gasteiger partial charge in [0.05, 0.1) is 6.42 Å². The van der Waals surface area contributed by atoms with E-state index in [1.54, 1.807) is 30.3 Å². The summed E-state index contributed by atoms with van der Waals surface area (Å²) in [7, 11) is 0. The Morgan fingerprint density at radius 3 is 2.38 bits per heavy atom. The molecule has 0 bridgehead atoms. The van der Waals surface area contributed by atoms with Crippen molar-refractivity contribution in [1.82, 2.24) is 20.2 Å². The first-order valence-electron chi connectivity index (χ1n) is 12.4. The summed E-state index contributed by atoms with van der Waals surface area (Å²) in [5.41, 5.74) is -0.779. The van der Waals surface area contributed by atoms with Gasteiger partial charge in [0.25, 0.3) is 5.56 Å². The lowest BCUT2D eigenvalue weighted by molar-refractivity contribution is -0.150. The van der Waals surface area contributed by atoms with Crippen molar-refractivity contribution in [1.29, 1.82) is 0 Å². The number of aliphatic hydroxyl groups excluding tert-OH is 2. The average molecular weight is 563 g/mol. The minimum atomic E-state index is -1.53. The molecule has 216 valence electrons. The van der Waals surface area contributed by atoms with Crippen LogP contribution in [0.3, 0.4) is 0 Å². The van der Waals surface area contributed by atoms with Crippen LogP contribution in [0.25, 0.3) is 0 Å².